The Bertz CT molecular complexity index is 1070. The predicted octanol–water partition coefficient (Wildman–Crippen LogP) is 2.87. The van der Waals surface area contributed by atoms with E-state index in [2.05, 4.69) is 21.5 Å². The van der Waals surface area contributed by atoms with Gasteiger partial charge in [0.2, 0.25) is 5.91 Å². The van der Waals surface area contributed by atoms with Gasteiger partial charge in [0.1, 0.15) is 5.01 Å². The number of nitriles is 1. The number of nitrogens with zero attached hydrogens (tertiary/aromatic N) is 5. The number of carbonyl (C=O) groups is 2. The molecule has 1 aliphatic rings. The highest BCUT2D eigenvalue weighted by Crippen LogP contribution is 2.23. The Labute approximate surface area is 177 Å². The third-order valence-electron chi connectivity index (χ3n) is 5.04. The fourth-order valence-corrected chi connectivity index (χ4v) is 4.18. The standard InChI is InChI=1S/C21H20N6O2S/c22-11-15-4-6-16(7-5-15)18-14-30-19(25-18)12-23-20(28)17-3-1-9-26(13-17)21(29)27-10-2-8-24-27/h2,4-8,10,14,17H,1,3,9,12-13H2,(H,23,28)/t17-/m0/s1. The number of thiazole rings is 1. The van der Waals surface area contributed by atoms with Gasteiger partial charge in [0.05, 0.1) is 29.8 Å². The Kier molecular flexibility index (Phi) is 5.86. The lowest BCUT2D eigenvalue weighted by Crippen LogP contribution is -2.46. The summed E-state index contributed by atoms with van der Waals surface area (Å²) in [5, 5.41) is 18.6. The van der Waals surface area contributed by atoms with Crippen LogP contribution >= 0.6 is 11.3 Å². The minimum Gasteiger partial charge on any atom is -0.349 e. The number of carbonyl (C=O) groups excluding carboxylic acids is 2. The molecule has 0 spiro atoms. The largest absolute Gasteiger partial charge is 0.349 e. The van der Waals surface area contributed by atoms with Crippen LogP contribution in [0.3, 0.4) is 0 Å². The summed E-state index contributed by atoms with van der Waals surface area (Å²) in [6.45, 7) is 1.37. The Morgan fingerprint density at radius 2 is 2.13 bits per heavy atom. The van der Waals surface area contributed by atoms with E-state index in [9.17, 15) is 9.59 Å². The number of amides is 2. The molecule has 1 saturated heterocycles. The Morgan fingerprint density at radius 1 is 1.30 bits per heavy atom. The summed E-state index contributed by atoms with van der Waals surface area (Å²) >= 11 is 1.48. The van der Waals surface area contributed by atoms with E-state index >= 15 is 0 Å². The molecule has 3 heterocycles. The van der Waals surface area contributed by atoms with Crippen molar-refractivity contribution in [3.8, 4) is 17.3 Å². The fourth-order valence-electron chi connectivity index (χ4n) is 3.44. The highest BCUT2D eigenvalue weighted by molar-refractivity contribution is 7.09. The van der Waals surface area contributed by atoms with Gasteiger partial charge in [-0.15, -0.1) is 11.3 Å². The van der Waals surface area contributed by atoms with Gasteiger partial charge in [-0.25, -0.2) is 9.78 Å². The molecule has 2 amide bonds. The van der Waals surface area contributed by atoms with Crippen molar-refractivity contribution in [2.45, 2.75) is 19.4 Å². The lowest BCUT2D eigenvalue weighted by atomic mass is 9.97. The third-order valence-corrected chi connectivity index (χ3v) is 5.89. The Morgan fingerprint density at radius 3 is 2.87 bits per heavy atom. The highest BCUT2D eigenvalue weighted by atomic mass is 32.1. The molecule has 1 aromatic carbocycles. The SMILES string of the molecule is N#Cc1ccc(-c2csc(CNC(=O)[C@H]3CCCN(C(=O)n4cccn4)C3)n2)cc1. The smallest absolute Gasteiger partial charge is 0.344 e. The van der Waals surface area contributed by atoms with Gasteiger partial charge in [-0.05, 0) is 31.0 Å². The van der Waals surface area contributed by atoms with E-state index in [1.54, 1.807) is 35.5 Å². The molecule has 30 heavy (non-hydrogen) atoms. The lowest BCUT2D eigenvalue weighted by Gasteiger charge is -2.31. The normalized spacial score (nSPS) is 16.1. The predicted molar refractivity (Wildman–Crippen MR) is 111 cm³/mol. The lowest BCUT2D eigenvalue weighted by molar-refractivity contribution is -0.126. The quantitative estimate of drug-likeness (QED) is 0.699. The van der Waals surface area contributed by atoms with Crippen LogP contribution in [0.5, 0.6) is 0 Å². The van der Waals surface area contributed by atoms with Gasteiger partial charge >= 0.3 is 6.03 Å². The van der Waals surface area contributed by atoms with Crippen molar-refractivity contribution in [2.75, 3.05) is 13.1 Å². The molecular formula is C21H20N6O2S. The van der Waals surface area contributed by atoms with Gasteiger partial charge in [0.15, 0.2) is 0 Å². The first-order chi connectivity index (χ1) is 14.6. The molecule has 9 heteroatoms. The van der Waals surface area contributed by atoms with E-state index in [4.69, 9.17) is 5.26 Å². The maximum atomic E-state index is 12.6. The molecule has 3 aromatic rings. The zero-order valence-electron chi connectivity index (χ0n) is 16.2. The van der Waals surface area contributed by atoms with E-state index in [-0.39, 0.29) is 17.9 Å². The van der Waals surface area contributed by atoms with E-state index in [0.29, 0.717) is 25.2 Å². The van der Waals surface area contributed by atoms with Crippen LogP contribution in [-0.2, 0) is 11.3 Å². The topological polar surface area (TPSA) is 104 Å². The van der Waals surface area contributed by atoms with Crippen LogP contribution in [0.1, 0.15) is 23.4 Å². The second-order valence-electron chi connectivity index (χ2n) is 7.05. The molecule has 0 radical (unpaired) electrons. The van der Waals surface area contributed by atoms with Crippen molar-refractivity contribution in [1.82, 2.24) is 25.0 Å². The average molecular weight is 420 g/mol. The number of nitrogens with one attached hydrogen (secondary N) is 1. The summed E-state index contributed by atoms with van der Waals surface area (Å²) < 4.78 is 1.29. The van der Waals surface area contributed by atoms with Crippen LogP contribution in [-0.4, -0.2) is 44.7 Å². The molecule has 1 N–H and O–H groups in total. The van der Waals surface area contributed by atoms with Crippen LogP contribution < -0.4 is 5.32 Å². The van der Waals surface area contributed by atoms with E-state index in [0.717, 1.165) is 29.1 Å². The van der Waals surface area contributed by atoms with Gasteiger partial charge in [-0.3, -0.25) is 4.79 Å². The first-order valence-corrected chi connectivity index (χ1v) is 10.5. The summed E-state index contributed by atoms with van der Waals surface area (Å²) in [7, 11) is 0. The number of benzene rings is 1. The molecule has 1 aliphatic heterocycles. The minimum absolute atomic E-state index is 0.0666. The molecule has 4 rings (SSSR count). The minimum atomic E-state index is -0.240. The van der Waals surface area contributed by atoms with Crippen molar-refractivity contribution in [1.29, 1.82) is 5.26 Å². The van der Waals surface area contributed by atoms with Crippen LogP contribution in [0, 0.1) is 17.2 Å². The molecule has 8 nitrogen and oxygen atoms in total. The van der Waals surface area contributed by atoms with Crippen molar-refractivity contribution in [2.24, 2.45) is 5.92 Å². The van der Waals surface area contributed by atoms with E-state index < -0.39 is 0 Å². The number of rotatable bonds is 4. The second-order valence-corrected chi connectivity index (χ2v) is 7.99. The summed E-state index contributed by atoms with van der Waals surface area (Å²) in [5.74, 6) is -0.306. The van der Waals surface area contributed by atoms with Gasteiger partial charge in [-0.2, -0.15) is 15.0 Å². The number of likely N-dealkylation sites (tertiary alicyclic amines) is 1. The first kappa shape index (κ1) is 19.8. The third kappa shape index (κ3) is 4.39. The number of piperidine rings is 1. The molecular weight excluding hydrogens is 400 g/mol. The van der Waals surface area contributed by atoms with Crippen LogP contribution in [0.25, 0.3) is 11.3 Å². The number of aromatic nitrogens is 3. The van der Waals surface area contributed by atoms with Gasteiger partial charge in [0, 0.05) is 36.4 Å². The zero-order chi connectivity index (χ0) is 20.9. The van der Waals surface area contributed by atoms with Crippen molar-refractivity contribution < 1.29 is 9.59 Å². The number of hydrogen-bond donors (Lipinski definition) is 1. The van der Waals surface area contributed by atoms with Crippen molar-refractivity contribution in [3.05, 3.63) is 58.7 Å². The van der Waals surface area contributed by atoms with Crippen LogP contribution in [0.15, 0.2) is 48.1 Å². The molecule has 0 bridgehead atoms. The maximum absolute atomic E-state index is 12.6. The Balaban J connectivity index is 1.32. The molecule has 0 saturated carbocycles. The van der Waals surface area contributed by atoms with Crippen molar-refractivity contribution >= 4 is 23.3 Å². The monoisotopic (exact) mass is 420 g/mol. The summed E-state index contributed by atoms with van der Waals surface area (Å²) in [6.07, 6.45) is 4.71. The molecule has 0 unspecified atom stereocenters. The van der Waals surface area contributed by atoms with Crippen molar-refractivity contribution in [3.63, 3.8) is 0 Å². The highest BCUT2D eigenvalue weighted by Gasteiger charge is 2.29. The maximum Gasteiger partial charge on any atom is 0.344 e. The van der Waals surface area contributed by atoms with Crippen LogP contribution in [0.2, 0.25) is 0 Å². The molecule has 152 valence electrons. The summed E-state index contributed by atoms with van der Waals surface area (Å²) in [6, 6.07) is 10.8. The van der Waals surface area contributed by atoms with Gasteiger partial charge in [0.25, 0.3) is 0 Å². The first-order valence-electron chi connectivity index (χ1n) is 9.65. The van der Waals surface area contributed by atoms with Gasteiger partial charge in [-0.1, -0.05) is 12.1 Å². The van der Waals surface area contributed by atoms with Gasteiger partial charge < -0.3 is 10.2 Å². The van der Waals surface area contributed by atoms with E-state index in [1.165, 1.54) is 16.0 Å². The molecule has 1 fully saturated rings. The fraction of sp³-hybridized carbons (Fsp3) is 0.286. The zero-order valence-corrected chi connectivity index (χ0v) is 17.0. The average Bonchev–Trinajstić information content (AvgIpc) is 3.49. The molecule has 2 aromatic heterocycles. The summed E-state index contributed by atoms with van der Waals surface area (Å²) in [4.78, 5) is 31.4. The Hall–Kier alpha value is -3.51. The number of hydrogen-bond acceptors (Lipinski definition) is 6. The summed E-state index contributed by atoms with van der Waals surface area (Å²) in [5.41, 5.74) is 2.36. The van der Waals surface area contributed by atoms with Crippen LogP contribution in [0.4, 0.5) is 4.79 Å². The molecule has 1 atom stereocenters. The van der Waals surface area contributed by atoms with E-state index in [1.807, 2.05) is 17.5 Å². The molecule has 0 aliphatic carbocycles. The second kappa shape index (κ2) is 8.88.